The summed E-state index contributed by atoms with van der Waals surface area (Å²) in [6.45, 7) is 2.80. The number of imidazole rings is 1. The SMILES string of the molecule is CCOc1cc(-c2cc(N(C)CC3(COC)CCCC3)c3[nH]c(-c4cnc(N5[C@@H]6CC[C@H]5CC(OCC(=O)O)C6)cn4)nc3n2)cc(C(F)(F)F)n1. The smallest absolute Gasteiger partial charge is 0.433 e. The molecule has 1 aliphatic carbocycles. The van der Waals surface area contributed by atoms with E-state index in [0.29, 0.717) is 41.5 Å². The van der Waals surface area contributed by atoms with Gasteiger partial charge in [-0.15, -0.1) is 0 Å². The van der Waals surface area contributed by atoms with E-state index in [4.69, 9.17) is 39.3 Å². The second-order valence-corrected chi connectivity index (χ2v) is 14.2. The van der Waals surface area contributed by atoms with Gasteiger partial charge in [0.25, 0.3) is 0 Å². The highest BCUT2D eigenvalue weighted by Crippen LogP contribution is 2.42. The average molecular weight is 725 g/mol. The Kier molecular flexibility index (Phi) is 9.95. The Bertz CT molecular complexity index is 1890. The molecule has 0 radical (unpaired) electrons. The second-order valence-electron chi connectivity index (χ2n) is 14.2. The van der Waals surface area contributed by atoms with Crippen molar-refractivity contribution in [2.75, 3.05) is 50.3 Å². The lowest BCUT2D eigenvalue weighted by atomic mass is 9.86. The Morgan fingerprint density at radius 2 is 1.81 bits per heavy atom. The molecule has 2 aliphatic heterocycles. The molecule has 0 spiro atoms. The number of carboxylic acids is 1. The Morgan fingerprint density at radius 3 is 2.44 bits per heavy atom. The van der Waals surface area contributed by atoms with Crippen molar-refractivity contribution in [2.24, 2.45) is 5.41 Å². The zero-order chi connectivity index (χ0) is 36.6. The Hall–Kier alpha value is -4.57. The standard InChI is InChI=1S/C36H43F3N8O5/c1-4-51-30-12-21(11-28(43-30)36(37,38)39)25-15-27(46(2)19-35(20-50-3)9-5-6-10-35)32-34(42-25)45-33(44-32)26-16-41-29(17-40-26)47-22-7-8-23(47)14-24(13-22)52-18-31(48)49/h11-12,15-17,22-24H,4-10,13-14,18-20H2,1-3H3,(H,48,49)(H,42,44,45)/t22-,23+,24?. The topological polar surface area (TPSA) is 152 Å². The van der Waals surface area contributed by atoms with E-state index < -0.39 is 17.8 Å². The Labute approximate surface area is 298 Å². The molecule has 7 rings (SSSR count). The number of hydrogen-bond acceptors (Lipinski definition) is 11. The molecule has 2 saturated heterocycles. The van der Waals surface area contributed by atoms with E-state index in [9.17, 15) is 18.0 Å². The molecule has 3 fully saturated rings. The van der Waals surface area contributed by atoms with Gasteiger partial charge in [0.1, 0.15) is 29.3 Å². The van der Waals surface area contributed by atoms with E-state index in [1.54, 1.807) is 32.5 Å². The van der Waals surface area contributed by atoms with E-state index >= 15 is 0 Å². The molecule has 3 atom stereocenters. The molecule has 2 bridgehead atoms. The van der Waals surface area contributed by atoms with Gasteiger partial charge in [0.15, 0.2) is 11.5 Å². The first-order valence-electron chi connectivity index (χ1n) is 17.7. The summed E-state index contributed by atoms with van der Waals surface area (Å²) in [6, 6.07) is 4.58. The van der Waals surface area contributed by atoms with Crippen molar-refractivity contribution in [1.82, 2.24) is 29.9 Å². The van der Waals surface area contributed by atoms with Crippen molar-refractivity contribution < 1.29 is 37.3 Å². The molecule has 1 saturated carbocycles. The molecule has 4 aromatic heterocycles. The first-order valence-corrected chi connectivity index (χ1v) is 17.7. The highest BCUT2D eigenvalue weighted by atomic mass is 19.4. The lowest BCUT2D eigenvalue weighted by Crippen LogP contribution is -2.46. The summed E-state index contributed by atoms with van der Waals surface area (Å²) in [7, 11) is 3.67. The van der Waals surface area contributed by atoms with Crippen molar-refractivity contribution >= 4 is 28.6 Å². The molecular weight excluding hydrogens is 681 g/mol. The number of halogens is 3. The summed E-state index contributed by atoms with van der Waals surface area (Å²) in [4.78, 5) is 41.5. The van der Waals surface area contributed by atoms with Crippen molar-refractivity contribution in [3.8, 4) is 28.7 Å². The number of fused-ring (bicyclic) bond motifs is 3. The number of methoxy groups -OCH3 is 1. The van der Waals surface area contributed by atoms with Gasteiger partial charge in [-0.05, 0) is 57.6 Å². The summed E-state index contributed by atoms with van der Waals surface area (Å²) >= 11 is 0. The van der Waals surface area contributed by atoms with Crippen LogP contribution in [-0.4, -0.2) is 99.7 Å². The highest BCUT2D eigenvalue weighted by molar-refractivity contribution is 5.91. The zero-order valence-corrected chi connectivity index (χ0v) is 29.4. The number of aliphatic carboxylic acids is 1. The molecule has 4 aromatic rings. The number of aromatic amines is 1. The molecule has 3 aliphatic rings. The normalized spacial score (nSPS) is 21.2. The average Bonchev–Trinajstić information content (AvgIpc) is 3.82. The van der Waals surface area contributed by atoms with Crippen LogP contribution in [0.4, 0.5) is 24.7 Å². The van der Waals surface area contributed by atoms with Gasteiger partial charge < -0.3 is 34.1 Å². The van der Waals surface area contributed by atoms with E-state index in [-0.39, 0.29) is 48.3 Å². The first kappa shape index (κ1) is 35.8. The van der Waals surface area contributed by atoms with Crippen LogP contribution < -0.4 is 14.5 Å². The van der Waals surface area contributed by atoms with Gasteiger partial charge in [0, 0.05) is 49.8 Å². The van der Waals surface area contributed by atoms with Crippen molar-refractivity contribution in [2.45, 2.75) is 82.7 Å². The summed E-state index contributed by atoms with van der Waals surface area (Å²) in [5.74, 6) is 0.0376. The predicted molar refractivity (Wildman–Crippen MR) is 186 cm³/mol. The number of pyridine rings is 2. The minimum atomic E-state index is -4.69. The fourth-order valence-corrected chi connectivity index (χ4v) is 8.33. The molecule has 6 heterocycles. The van der Waals surface area contributed by atoms with Crippen LogP contribution in [-0.2, 0) is 20.4 Å². The van der Waals surface area contributed by atoms with Gasteiger partial charge in [-0.2, -0.15) is 13.2 Å². The molecule has 0 aromatic carbocycles. The van der Waals surface area contributed by atoms with E-state index in [1.165, 1.54) is 6.07 Å². The van der Waals surface area contributed by atoms with Crippen LogP contribution in [0.2, 0.25) is 0 Å². The third-order valence-electron chi connectivity index (χ3n) is 10.5. The number of nitrogens with zero attached hydrogens (tertiary/aromatic N) is 7. The summed E-state index contributed by atoms with van der Waals surface area (Å²) in [6.07, 6.45) is 6.19. The maximum absolute atomic E-state index is 13.9. The number of rotatable bonds is 13. The van der Waals surface area contributed by atoms with Gasteiger partial charge in [-0.3, -0.25) is 0 Å². The molecule has 2 N–H and O–H groups in total. The van der Waals surface area contributed by atoms with E-state index in [0.717, 1.165) is 68.9 Å². The third kappa shape index (κ3) is 7.35. The number of hydrogen-bond donors (Lipinski definition) is 2. The Morgan fingerprint density at radius 1 is 1.06 bits per heavy atom. The van der Waals surface area contributed by atoms with Crippen molar-refractivity contribution in [1.29, 1.82) is 0 Å². The second kappa shape index (κ2) is 14.5. The Balaban J connectivity index is 1.23. The van der Waals surface area contributed by atoms with Gasteiger partial charge >= 0.3 is 12.1 Å². The van der Waals surface area contributed by atoms with Crippen LogP contribution in [0.1, 0.15) is 64.0 Å². The fourth-order valence-electron chi connectivity index (χ4n) is 8.33. The van der Waals surface area contributed by atoms with Gasteiger partial charge in [0.05, 0.1) is 43.1 Å². The third-order valence-corrected chi connectivity index (χ3v) is 10.5. The van der Waals surface area contributed by atoms with Crippen LogP contribution in [0.5, 0.6) is 5.88 Å². The number of alkyl halides is 3. The molecule has 16 heteroatoms. The van der Waals surface area contributed by atoms with Gasteiger partial charge in [-0.25, -0.2) is 29.7 Å². The summed E-state index contributed by atoms with van der Waals surface area (Å²) in [5.41, 5.74) is 1.50. The summed E-state index contributed by atoms with van der Waals surface area (Å²) < 4.78 is 58.5. The molecule has 0 amide bonds. The van der Waals surface area contributed by atoms with Crippen LogP contribution in [0, 0.1) is 5.41 Å². The molecule has 52 heavy (non-hydrogen) atoms. The minimum Gasteiger partial charge on any atom is -0.480 e. The maximum atomic E-state index is 13.9. The monoisotopic (exact) mass is 724 g/mol. The van der Waals surface area contributed by atoms with E-state index in [2.05, 4.69) is 19.8 Å². The lowest BCUT2D eigenvalue weighted by Gasteiger charge is -2.39. The van der Waals surface area contributed by atoms with Crippen LogP contribution in [0.15, 0.2) is 30.6 Å². The minimum absolute atomic E-state index is 0.0675. The molecule has 13 nitrogen and oxygen atoms in total. The number of carbonyl (C=O) groups is 1. The quantitative estimate of drug-likeness (QED) is 0.163. The van der Waals surface area contributed by atoms with Gasteiger partial charge in [0.2, 0.25) is 5.88 Å². The van der Waals surface area contributed by atoms with Crippen LogP contribution >= 0.6 is 0 Å². The molecular formula is C36H43F3N8O5. The lowest BCUT2D eigenvalue weighted by molar-refractivity contribution is -0.145. The fraction of sp³-hybridized carbons (Fsp3) is 0.556. The number of piperidine rings is 1. The van der Waals surface area contributed by atoms with Gasteiger partial charge in [-0.1, -0.05) is 12.8 Å². The van der Waals surface area contributed by atoms with Crippen LogP contribution in [0.25, 0.3) is 33.9 Å². The maximum Gasteiger partial charge on any atom is 0.433 e. The number of aromatic nitrogens is 6. The number of H-pyrrole nitrogens is 1. The largest absolute Gasteiger partial charge is 0.480 e. The highest BCUT2D eigenvalue weighted by Gasteiger charge is 2.42. The van der Waals surface area contributed by atoms with Crippen molar-refractivity contribution in [3.05, 3.63) is 36.3 Å². The first-order chi connectivity index (χ1) is 24.9. The van der Waals surface area contributed by atoms with Crippen molar-refractivity contribution in [3.63, 3.8) is 0 Å². The number of carboxylic acid groups (broad SMARTS) is 1. The molecule has 1 unspecified atom stereocenters. The zero-order valence-electron chi connectivity index (χ0n) is 29.4. The van der Waals surface area contributed by atoms with Crippen LogP contribution in [0.3, 0.4) is 0 Å². The summed E-state index contributed by atoms with van der Waals surface area (Å²) in [5, 5.41) is 9.03. The van der Waals surface area contributed by atoms with E-state index in [1.807, 2.05) is 7.05 Å². The molecule has 278 valence electrons. The number of anilines is 2. The number of ether oxygens (including phenoxy) is 3. The number of nitrogens with one attached hydrogen (secondary N) is 1. The predicted octanol–water partition coefficient (Wildman–Crippen LogP) is 6.14.